The Labute approximate surface area is 193 Å². The number of nitrogens with zero attached hydrogens (tertiary/aromatic N) is 4. The first kappa shape index (κ1) is 21.1. The number of benzene rings is 2. The SMILES string of the molecule is CN(Cc1ccc(N2CCOCC2)cc1)C(=O)c1cc(-c2ccncc2)nc2ccccc12. The first-order chi connectivity index (χ1) is 16.2. The molecule has 0 N–H and O–H groups in total. The number of para-hydroxylation sites is 1. The molecule has 6 heteroatoms. The summed E-state index contributed by atoms with van der Waals surface area (Å²) in [5.41, 5.74) is 5.45. The first-order valence-corrected chi connectivity index (χ1v) is 11.2. The lowest BCUT2D eigenvalue weighted by Crippen LogP contribution is -2.36. The standard InChI is InChI=1S/C27H26N4O2/c1-30(19-20-6-8-22(9-7-20)31-14-16-33-17-15-31)27(32)24-18-26(21-10-12-28-13-11-21)29-25-5-3-2-4-23(24)25/h2-13,18H,14-17,19H2,1H3. The Morgan fingerprint density at radius 2 is 1.73 bits per heavy atom. The molecule has 3 heterocycles. The third-order valence-electron chi connectivity index (χ3n) is 6.00. The molecule has 1 aliphatic heterocycles. The molecule has 0 bridgehead atoms. The van der Waals surface area contributed by atoms with E-state index in [9.17, 15) is 4.79 Å². The van der Waals surface area contributed by atoms with Gasteiger partial charge in [-0.3, -0.25) is 9.78 Å². The van der Waals surface area contributed by atoms with E-state index in [-0.39, 0.29) is 5.91 Å². The fraction of sp³-hybridized carbons (Fsp3) is 0.222. The van der Waals surface area contributed by atoms with Crippen molar-refractivity contribution in [2.75, 3.05) is 38.3 Å². The van der Waals surface area contributed by atoms with Crippen LogP contribution in [0.3, 0.4) is 0 Å². The summed E-state index contributed by atoms with van der Waals surface area (Å²) in [5, 5.41) is 0.856. The van der Waals surface area contributed by atoms with Gasteiger partial charge in [0.15, 0.2) is 0 Å². The zero-order chi connectivity index (χ0) is 22.6. The van der Waals surface area contributed by atoms with Gasteiger partial charge in [-0.05, 0) is 42.0 Å². The summed E-state index contributed by atoms with van der Waals surface area (Å²) in [4.78, 5) is 26.5. The minimum atomic E-state index is -0.0267. The van der Waals surface area contributed by atoms with E-state index in [0.717, 1.165) is 54.0 Å². The maximum Gasteiger partial charge on any atom is 0.254 e. The average molecular weight is 439 g/mol. The van der Waals surface area contributed by atoms with Gasteiger partial charge in [-0.2, -0.15) is 0 Å². The van der Waals surface area contributed by atoms with Crippen LogP contribution >= 0.6 is 0 Å². The molecule has 2 aromatic carbocycles. The fourth-order valence-corrected chi connectivity index (χ4v) is 4.21. The van der Waals surface area contributed by atoms with Crippen LogP contribution in [0.2, 0.25) is 0 Å². The van der Waals surface area contributed by atoms with Crippen molar-refractivity contribution in [1.29, 1.82) is 0 Å². The van der Waals surface area contributed by atoms with Crippen LogP contribution in [0, 0.1) is 0 Å². The molecule has 6 nitrogen and oxygen atoms in total. The van der Waals surface area contributed by atoms with Gasteiger partial charge < -0.3 is 14.5 Å². The summed E-state index contributed by atoms with van der Waals surface area (Å²) in [6.45, 7) is 3.88. The Kier molecular flexibility index (Phi) is 6.00. The van der Waals surface area contributed by atoms with Gasteiger partial charge in [0.25, 0.3) is 5.91 Å². The van der Waals surface area contributed by atoms with Crippen molar-refractivity contribution < 1.29 is 9.53 Å². The van der Waals surface area contributed by atoms with Crippen molar-refractivity contribution in [2.45, 2.75) is 6.54 Å². The van der Waals surface area contributed by atoms with Crippen molar-refractivity contribution in [3.8, 4) is 11.3 Å². The molecule has 1 fully saturated rings. The third-order valence-corrected chi connectivity index (χ3v) is 6.00. The van der Waals surface area contributed by atoms with Crippen LogP contribution in [0.4, 0.5) is 5.69 Å². The van der Waals surface area contributed by atoms with Crippen LogP contribution in [0.15, 0.2) is 79.1 Å². The molecule has 0 radical (unpaired) electrons. The minimum absolute atomic E-state index is 0.0267. The number of rotatable bonds is 5. The van der Waals surface area contributed by atoms with Crippen molar-refractivity contribution in [3.05, 3.63) is 90.3 Å². The lowest BCUT2D eigenvalue weighted by Gasteiger charge is -2.29. The van der Waals surface area contributed by atoms with Crippen LogP contribution in [0.5, 0.6) is 0 Å². The Morgan fingerprint density at radius 3 is 2.48 bits per heavy atom. The number of hydrogen-bond donors (Lipinski definition) is 0. The van der Waals surface area contributed by atoms with E-state index < -0.39 is 0 Å². The molecule has 1 amide bonds. The number of aromatic nitrogens is 2. The maximum absolute atomic E-state index is 13.5. The van der Waals surface area contributed by atoms with Crippen LogP contribution in [-0.4, -0.2) is 54.1 Å². The normalized spacial score (nSPS) is 13.8. The van der Waals surface area contributed by atoms with Gasteiger partial charge in [0, 0.05) is 55.7 Å². The highest BCUT2D eigenvalue weighted by Crippen LogP contribution is 2.26. The number of fused-ring (bicyclic) bond motifs is 1. The number of morpholine rings is 1. The summed E-state index contributed by atoms with van der Waals surface area (Å²) in [6, 6.07) is 21.9. The number of anilines is 1. The predicted molar refractivity (Wildman–Crippen MR) is 130 cm³/mol. The molecule has 0 aliphatic carbocycles. The van der Waals surface area contributed by atoms with Crippen LogP contribution in [0.1, 0.15) is 15.9 Å². The molecule has 5 rings (SSSR count). The molecule has 0 unspecified atom stereocenters. The topological polar surface area (TPSA) is 58.6 Å². The zero-order valence-corrected chi connectivity index (χ0v) is 18.6. The van der Waals surface area contributed by atoms with E-state index in [2.05, 4.69) is 34.1 Å². The lowest BCUT2D eigenvalue weighted by atomic mass is 10.0. The summed E-state index contributed by atoms with van der Waals surface area (Å²) < 4.78 is 5.44. The van der Waals surface area contributed by atoms with E-state index in [1.807, 2.05) is 49.5 Å². The molecule has 0 saturated carbocycles. The number of hydrogen-bond acceptors (Lipinski definition) is 5. The van der Waals surface area contributed by atoms with Crippen molar-refractivity contribution in [3.63, 3.8) is 0 Å². The second-order valence-electron chi connectivity index (χ2n) is 8.24. The Hall–Kier alpha value is -3.77. The minimum Gasteiger partial charge on any atom is -0.378 e. The van der Waals surface area contributed by atoms with Crippen molar-refractivity contribution >= 4 is 22.5 Å². The lowest BCUT2D eigenvalue weighted by molar-refractivity contribution is 0.0787. The summed E-state index contributed by atoms with van der Waals surface area (Å²) in [5.74, 6) is -0.0267. The second kappa shape index (κ2) is 9.38. The first-order valence-electron chi connectivity index (χ1n) is 11.2. The summed E-state index contributed by atoms with van der Waals surface area (Å²) in [7, 11) is 1.85. The van der Waals surface area contributed by atoms with Gasteiger partial charge >= 0.3 is 0 Å². The number of ether oxygens (including phenoxy) is 1. The van der Waals surface area contributed by atoms with E-state index in [4.69, 9.17) is 9.72 Å². The van der Waals surface area contributed by atoms with Crippen LogP contribution in [-0.2, 0) is 11.3 Å². The van der Waals surface area contributed by atoms with Gasteiger partial charge in [0.2, 0.25) is 0 Å². The third kappa shape index (κ3) is 4.56. The summed E-state index contributed by atoms with van der Waals surface area (Å²) in [6.07, 6.45) is 3.47. The molecule has 1 saturated heterocycles. The molecular weight excluding hydrogens is 412 g/mol. The largest absolute Gasteiger partial charge is 0.378 e. The number of amides is 1. The number of carbonyl (C=O) groups excluding carboxylic acids is 1. The van der Waals surface area contributed by atoms with E-state index in [0.29, 0.717) is 12.1 Å². The van der Waals surface area contributed by atoms with E-state index in [1.165, 1.54) is 5.69 Å². The molecule has 2 aromatic heterocycles. The zero-order valence-electron chi connectivity index (χ0n) is 18.6. The van der Waals surface area contributed by atoms with Gasteiger partial charge in [-0.1, -0.05) is 30.3 Å². The Morgan fingerprint density at radius 1 is 1.00 bits per heavy atom. The van der Waals surface area contributed by atoms with E-state index in [1.54, 1.807) is 17.3 Å². The predicted octanol–water partition coefficient (Wildman–Crippen LogP) is 4.41. The number of pyridine rings is 2. The van der Waals surface area contributed by atoms with Crippen molar-refractivity contribution in [1.82, 2.24) is 14.9 Å². The van der Waals surface area contributed by atoms with Crippen molar-refractivity contribution in [2.24, 2.45) is 0 Å². The average Bonchev–Trinajstić information content (AvgIpc) is 2.89. The Balaban J connectivity index is 1.40. The van der Waals surface area contributed by atoms with Gasteiger partial charge in [0.1, 0.15) is 0 Å². The van der Waals surface area contributed by atoms with E-state index >= 15 is 0 Å². The van der Waals surface area contributed by atoms with Crippen LogP contribution in [0.25, 0.3) is 22.2 Å². The Bertz CT molecular complexity index is 1250. The molecule has 33 heavy (non-hydrogen) atoms. The van der Waals surface area contributed by atoms with Gasteiger partial charge in [-0.15, -0.1) is 0 Å². The summed E-state index contributed by atoms with van der Waals surface area (Å²) >= 11 is 0. The molecular formula is C27H26N4O2. The highest BCUT2D eigenvalue weighted by atomic mass is 16.5. The highest BCUT2D eigenvalue weighted by Gasteiger charge is 2.18. The molecule has 4 aromatic rings. The highest BCUT2D eigenvalue weighted by molar-refractivity contribution is 6.07. The molecule has 0 atom stereocenters. The van der Waals surface area contributed by atoms with Gasteiger partial charge in [0.05, 0.1) is 30.0 Å². The fourth-order valence-electron chi connectivity index (χ4n) is 4.21. The van der Waals surface area contributed by atoms with Gasteiger partial charge in [-0.25, -0.2) is 4.98 Å². The second-order valence-corrected chi connectivity index (χ2v) is 8.24. The smallest absolute Gasteiger partial charge is 0.254 e. The number of carbonyl (C=O) groups is 1. The molecule has 166 valence electrons. The van der Waals surface area contributed by atoms with Crippen LogP contribution < -0.4 is 4.90 Å². The molecule has 0 spiro atoms. The monoisotopic (exact) mass is 438 g/mol. The maximum atomic E-state index is 13.5. The quantitative estimate of drug-likeness (QED) is 0.462. The molecule has 1 aliphatic rings.